The maximum absolute atomic E-state index is 10.7. The van der Waals surface area contributed by atoms with Crippen LogP contribution in [0.4, 0.5) is 0 Å². The van der Waals surface area contributed by atoms with E-state index in [4.69, 9.17) is 5.11 Å². The Morgan fingerprint density at radius 1 is 1.38 bits per heavy atom. The first-order chi connectivity index (χ1) is 9.79. The topological polar surface area (TPSA) is 83.9 Å². The first-order valence-electron chi connectivity index (χ1n) is 6.35. The van der Waals surface area contributed by atoms with E-state index in [1.165, 1.54) is 13.0 Å². The number of hydrogen-bond donors (Lipinski definition) is 1. The molecule has 0 bridgehead atoms. The fourth-order valence-electron chi connectivity index (χ4n) is 1.08. The van der Waals surface area contributed by atoms with Crippen LogP contribution in [0, 0.1) is 5.92 Å². The molecule has 21 heavy (non-hydrogen) atoms. The van der Waals surface area contributed by atoms with E-state index in [1.807, 2.05) is 0 Å². The third kappa shape index (κ3) is 12.4. The molecule has 118 valence electrons. The molecule has 1 aliphatic rings. The fourth-order valence-corrected chi connectivity index (χ4v) is 1.08. The standard InChI is InChI=1S/C6H9NO.C5H8O2.C4H6O2/c1-2-7-5-3-4-6(7)8;1-3-4(2)5(6)7;1-3-6-4(2)5/h2H,1,3-5H2;3-4H,1H2,2H3,(H,6,7);3H,1H2,2H3. The number of amides is 1. The number of carbonyl (C=O) groups is 3. The first kappa shape index (κ1) is 20.9. The van der Waals surface area contributed by atoms with Crippen LogP contribution in [0.1, 0.15) is 26.7 Å². The van der Waals surface area contributed by atoms with E-state index in [-0.39, 0.29) is 11.9 Å². The van der Waals surface area contributed by atoms with Gasteiger partial charge in [-0.25, -0.2) is 0 Å². The summed E-state index contributed by atoms with van der Waals surface area (Å²) in [5.74, 6) is -1.36. The SMILES string of the molecule is C=CC(C)C(=O)O.C=CN1CCCC1=O.C=COC(C)=O. The highest BCUT2D eigenvalue weighted by Crippen LogP contribution is 2.08. The lowest BCUT2D eigenvalue weighted by atomic mass is 10.2. The molecule has 0 aliphatic carbocycles. The molecule has 1 amide bonds. The predicted molar refractivity (Wildman–Crippen MR) is 80.1 cm³/mol. The maximum atomic E-state index is 10.7. The molecule has 6 nitrogen and oxygen atoms in total. The Kier molecular flexibility index (Phi) is 12.6. The van der Waals surface area contributed by atoms with E-state index in [9.17, 15) is 14.4 Å². The molecule has 0 radical (unpaired) electrons. The van der Waals surface area contributed by atoms with Crippen molar-refractivity contribution >= 4 is 17.8 Å². The van der Waals surface area contributed by atoms with Gasteiger partial charge in [0.2, 0.25) is 5.91 Å². The van der Waals surface area contributed by atoms with Gasteiger partial charge in [-0.05, 0) is 19.5 Å². The highest BCUT2D eigenvalue weighted by atomic mass is 16.5. The molecule has 0 saturated carbocycles. The third-order valence-electron chi connectivity index (χ3n) is 2.32. The van der Waals surface area contributed by atoms with Gasteiger partial charge in [0.1, 0.15) is 0 Å². The predicted octanol–water partition coefficient (Wildman–Crippen LogP) is 2.34. The van der Waals surface area contributed by atoms with Crippen LogP contribution in [0.3, 0.4) is 0 Å². The molecular formula is C15H23NO5. The van der Waals surface area contributed by atoms with Crippen LogP contribution < -0.4 is 0 Å². The van der Waals surface area contributed by atoms with Gasteiger partial charge in [-0.15, -0.1) is 6.58 Å². The molecule has 1 fully saturated rings. The fraction of sp³-hybridized carbons (Fsp3) is 0.400. The summed E-state index contributed by atoms with van der Waals surface area (Å²) in [4.78, 5) is 31.9. The molecule has 6 heteroatoms. The van der Waals surface area contributed by atoms with Crippen molar-refractivity contribution in [3.8, 4) is 0 Å². The van der Waals surface area contributed by atoms with Crippen LogP contribution in [-0.2, 0) is 19.1 Å². The van der Waals surface area contributed by atoms with Gasteiger partial charge in [0.15, 0.2) is 0 Å². The van der Waals surface area contributed by atoms with Gasteiger partial charge in [-0.1, -0.05) is 19.2 Å². The maximum Gasteiger partial charge on any atom is 0.310 e. The average Bonchev–Trinajstić information content (AvgIpc) is 2.84. The van der Waals surface area contributed by atoms with Crippen molar-refractivity contribution in [3.05, 3.63) is 38.3 Å². The molecule has 1 saturated heterocycles. The van der Waals surface area contributed by atoms with Gasteiger partial charge in [0, 0.05) is 19.9 Å². The van der Waals surface area contributed by atoms with Gasteiger partial charge in [0.05, 0.1) is 12.2 Å². The second kappa shape index (κ2) is 12.7. The lowest BCUT2D eigenvalue weighted by Crippen LogP contribution is -2.16. The second-order valence-electron chi connectivity index (χ2n) is 4.01. The van der Waals surface area contributed by atoms with Crippen LogP contribution in [0.15, 0.2) is 38.3 Å². The summed E-state index contributed by atoms with van der Waals surface area (Å²) in [6.45, 7) is 13.7. The summed E-state index contributed by atoms with van der Waals surface area (Å²) >= 11 is 0. The monoisotopic (exact) mass is 297 g/mol. The van der Waals surface area contributed by atoms with E-state index in [2.05, 4.69) is 24.5 Å². The van der Waals surface area contributed by atoms with E-state index in [0.29, 0.717) is 6.42 Å². The number of carboxylic acid groups (broad SMARTS) is 1. The van der Waals surface area contributed by atoms with E-state index < -0.39 is 11.9 Å². The van der Waals surface area contributed by atoms with Crippen molar-refractivity contribution < 1.29 is 24.2 Å². The normalized spacial score (nSPS) is 13.6. The average molecular weight is 297 g/mol. The van der Waals surface area contributed by atoms with Crippen LogP contribution in [0.2, 0.25) is 0 Å². The number of rotatable bonds is 4. The van der Waals surface area contributed by atoms with Crippen molar-refractivity contribution in [1.29, 1.82) is 0 Å². The van der Waals surface area contributed by atoms with Gasteiger partial charge in [-0.2, -0.15) is 0 Å². The summed E-state index contributed by atoms with van der Waals surface area (Å²) in [6, 6.07) is 0. The smallest absolute Gasteiger partial charge is 0.310 e. The number of ether oxygens (including phenoxy) is 1. The van der Waals surface area contributed by atoms with Crippen molar-refractivity contribution in [1.82, 2.24) is 4.90 Å². The lowest BCUT2D eigenvalue weighted by Gasteiger charge is -2.05. The first-order valence-corrected chi connectivity index (χ1v) is 6.35. The number of nitrogens with zero attached hydrogens (tertiary/aromatic N) is 1. The van der Waals surface area contributed by atoms with Crippen LogP contribution >= 0.6 is 0 Å². The minimum absolute atomic E-state index is 0.208. The number of carbonyl (C=O) groups excluding carboxylic acids is 2. The molecule has 1 N–H and O–H groups in total. The van der Waals surface area contributed by atoms with Crippen LogP contribution in [-0.4, -0.2) is 34.4 Å². The Morgan fingerprint density at radius 3 is 2.05 bits per heavy atom. The Bertz CT molecular complexity index is 390. The quantitative estimate of drug-likeness (QED) is 0.489. The largest absolute Gasteiger partial charge is 0.481 e. The van der Waals surface area contributed by atoms with Crippen LogP contribution in [0.5, 0.6) is 0 Å². The zero-order valence-corrected chi connectivity index (χ0v) is 12.6. The van der Waals surface area contributed by atoms with Gasteiger partial charge in [-0.3, -0.25) is 14.4 Å². The van der Waals surface area contributed by atoms with E-state index in [1.54, 1.807) is 18.0 Å². The highest BCUT2D eigenvalue weighted by molar-refractivity contribution is 5.78. The molecule has 1 aliphatic heterocycles. The number of carboxylic acids is 1. The van der Waals surface area contributed by atoms with Gasteiger partial charge in [0.25, 0.3) is 0 Å². The van der Waals surface area contributed by atoms with Crippen molar-refractivity contribution in [2.24, 2.45) is 5.92 Å². The molecule has 1 heterocycles. The minimum Gasteiger partial charge on any atom is -0.481 e. The minimum atomic E-state index is -0.824. The molecule has 1 rings (SSSR count). The molecule has 1 atom stereocenters. The van der Waals surface area contributed by atoms with Gasteiger partial charge >= 0.3 is 11.9 Å². The summed E-state index contributed by atoms with van der Waals surface area (Å²) in [5, 5.41) is 8.11. The third-order valence-corrected chi connectivity index (χ3v) is 2.32. The summed E-state index contributed by atoms with van der Waals surface area (Å²) in [7, 11) is 0. The summed E-state index contributed by atoms with van der Waals surface area (Å²) in [5.41, 5.74) is 0. The Balaban J connectivity index is 0. The Labute approximate surface area is 125 Å². The highest BCUT2D eigenvalue weighted by Gasteiger charge is 2.15. The van der Waals surface area contributed by atoms with Crippen molar-refractivity contribution in [2.75, 3.05) is 6.54 Å². The zero-order chi connectivity index (χ0) is 16.8. The molecule has 1 unspecified atom stereocenters. The van der Waals surface area contributed by atoms with Gasteiger partial charge < -0.3 is 14.7 Å². The van der Waals surface area contributed by atoms with Crippen molar-refractivity contribution in [3.63, 3.8) is 0 Å². The Hall–Kier alpha value is -2.37. The molecule has 0 aromatic rings. The second-order valence-corrected chi connectivity index (χ2v) is 4.01. The zero-order valence-electron chi connectivity index (χ0n) is 12.6. The Morgan fingerprint density at radius 2 is 1.95 bits per heavy atom. The van der Waals surface area contributed by atoms with E-state index in [0.717, 1.165) is 19.2 Å². The number of esters is 1. The molecule has 0 aromatic heterocycles. The van der Waals surface area contributed by atoms with Crippen molar-refractivity contribution in [2.45, 2.75) is 26.7 Å². The number of hydrogen-bond acceptors (Lipinski definition) is 4. The molecular weight excluding hydrogens is 274 g/mol. The molecule has 0 spiro atoms. The summed E-state index contributed by atoms with van der Waals surface area (Å²) < 4.78 is 4.17. The number of likely N-dealkylation sites (tertiary alicyclic amines) is 1. The number of aliphatic carboxylic acids is 1. The molecule has 0 aromatic carbocycles. The van der Waals surface area contributed by atoms with E-state index >= 15 is 0 Å². The van der Waals surface area contributed by atoms with Crippen LogP contribution in [0.25, 0.3) is 0 Å². The lowest BCUT2D eigenvalue weighted by molar-refractivity contribution is -0.139. The summed E-state index contributed by atoms with van der Waals surface area (Å²) in [6.07, 6.45) is 5.77.